The molecule has 0 aliphatic carbocycles. The minimum absolute atomic E-state index is 0.119. The molecular weight excluding hydrogens is 244 g/mol. The Morgan fingerprint density at radius 3 is 2.00 bits per heavy atom. The summed E-state index contributed by atoms with van der Waals surface area (Å²) >= 11 is 0. The Balaban J connectivity index is 4.35. The van der Waals surface area contributed by atoms with E-state index in [1.165, 1.54) is 0 Å². The number of carbonyl (C=O) groups excluding carboxylic acids is 1. The van der Waals surface area contributed by atoms with Crippen LogP contribution in [0.3, 0.4) is 0 Å². The Labute approximate surface area is 115 Å². The zero-order valence-corrected chi connectivity index (χ0v) is 12.5. The summed E-state index contributed by atoms with van der Waals surface area (Å²) in [6, 6.07) is -0.801. The number of carboxylic acid groups (broad SMARTS) is 1. The molecule has 1 amide bonds. The largest absolute Gasteiger partial charge is 0.480 e. The molecule has 0 heterocycles. The molecule has 0 bridgehead atoms. The van der Waals surface area contributed by atoms with Crippen molar-refractivity contribution in [2.24, 2.45) is 23.5 Å². The van der Waals surface area contributed by atoms with Gasteiger partial charge in [0.1, 0.15) is 6.04 Å². The highest BCUT2D eigenvalue weighted by molar-refractivity contribution is 5.83. The highest BCUT2D eigenvalue weighted by Gasteiger charge is 2.22. The molecule has 1 unspecified atom stereocenters. The van der Waals surface area contributed by atoms with Crippen molar-refractivity contribution in [3.8, 4) is 0 Å². The van der Waals surface area contributed by atoms with E-state index in [1.54, 1.807) is 0 Å². The van der Waals surface area contributed by atoms with Crippen LogP contribution in [0, 0.1) is 17.8 Å². The maximum Gasteiger partial charge on any atom is 0.326 e. The first-order valence-corrected chi connectivity index (χ1v) is 6.98. The molecule has 0 spiro atoms. The molecule has 0 saturated heterocycles. The van der Waals surface area contributed by atoms with Crippen LogP contribution < -0.4 is 11.1 Å². The number of rotatable bonds is 9. The number of nitrogens with two attached hydrogens (primary N) is 1. The second kappa shape index (κ2) is 8.91. The number of hydrogen-bond acceptors (Lipinski definition) is 3. The van der Waals surface area contributed by atoms with Crippen molar-refractivity contribution < 1.29 is 14.7 Å². The van der Waals surface area contributed by atoms with Gasteiger partial charge in [-0.25, -0.2) is 4.79 Å². The van der Waals surface area contributed by atoms with Crippen LogP contribution in [0.25, 0.3) is 0 Å². The van der Waals surface area contributed by atoms with Crippen molar-refractivity contribution in [1.82, 2.24) is 5.32 Å². The monoisotopic (exact) mass is 272 g/mol. The fourth-order valence-electron chi connectivity index (χ4n) is 2.14. The van der Waals surface area contributed by atoms with Crippen molar-refractivity contribution in [3.05, 3.63) is 0 Å². The first kappa shape index (κ1) is 17.9. The smallest absolute Gasteiger partial charge is 0.326 e. The van der Waals surface area contributed by atoms with Crippen molar-refractivity contribution >= 4 is 11.9 Å². The highest BCUT2D eigenvalue weighted by atomic mass is 16.4. The number of carbonyl (C=O) groups is 2. The van der Waals surface area contributed by atoms with E-state index < -0.39 is 12.0 Å². The van der Waals surface area contributed by atoms with Gasteiger partial charge in [0, 0.05) is 6.42 Å². The van der Waals surface area contributed by atoms with Gasteiger partial charge in [-0.1, -0.05) is 27.7 Å². The Morgan fingerprint density at radius 2 is 1.63 bits per heavy atom. The lowest BCUT2D eigenvalue weighted by molar-refractivity contribution is -0.142. The minimum Gasteiger partial charge on any atom is -0.480 e. The van der Waals surface area contributed by atoms with Crippen molar-refractivity contribution in [1.29, 1.82) is 0 Å². The van der Waals surface area contributed by atoms with Crippen LogP contribution in [0.15, 0.2) is 0 Å². The standard InChI is InChI=1S/C14H28N2O3/c1-9(2)5-11(8-15)7-13(17)16-12(14(18)19)6-10(3)4/h9-12H,5-8,15H2,1-4H3,(H,16,17)(H,18,19)/t11?,12-/m0/s1. The Kier molecular flexibility index (Phi) is 8.39. The van der Waals surface area contributed by atoms with Crippen LogP contribution in [-0.2, 0) is 9.59 Å². The summed E-state index contributed by atoms with van der Waals surface area (Å²) in [5, 5.41) is 11.7. The average molecular weight is 272 g/mol. The number of hydrogen-bond donors (Lipinski definition) is 3. The van der Waals surface area contributed by atoms with Gasteiger partial charge in [0.2, 0.25) is 5.91 Å². The maximum absolute atomic E-state index is 11.9. The molecule has 112 valence electrons. The summed E-state index contributed by atoms with van der Waals surface area (Å²) in [6.07, 6.45) is 1.63. The number of carboxylic acids is 1. The SMILES string of the molecule is CC(C)CC(CN)CC(=O)N[C@@H](CC(C)C)C(=O)O. The number of aliphatic carboxylic acids is 1. The molecule has 0 saturated carbocycles. The van der Waals surface area contributed by atoms with Crippen LogP contribution in [0.2, 0.25) is 0 Å². The third kappa shape index (κ3) is 8.59. The van der Waals surface area contributed by atoms with Gasteiger partial charge in [0.05, 0.1) is 0 Å². The van der Waals surface area contributed by atoms with E-state index in [4.69, 9.17) is 10.8 Å². The molecule has 19 heavy (non-hydrogen) atoms. The molecule has 0 aromatic rings. The summed E-state index contributed by atoms with van der Waals surface area (Å²) in [5.41, 5.74) is 5.64. The third-order valence-corrected chi connectivity index (χ3v) is 2.95. The van der Waals surface area contributed by atoms with Crippen LogP contribution >= 0.6 is 0 Å². The molecule has 5 nitrogen and oxygen atoms in total. The lowest BCUT2D eigenvalue weighted by atomic mass is 9.93. The van der Waals surface area contributed by atoms with Crippen LogP contribution in [-0.4, -0.2) is 29.6 Å². The molecule has 0 fully saturated rings. The van der Waals surface area contributed by atoms with Crippen molar-refractivity contribution in [2.45, 2.75) is 53.0 Å². The zero-order valence-electron chi connectivity index (χ0n) is 12.5. The van der Waals surface area contributed by atoms with Crippen LogP contribution in [0.4, 0.5) is 0 Å². The predicted octanol–water partition coefficient (Wildman–Crippen LogP) is 1.61. The molecular formula is C14H28N2O3. The summed E-state index contributed by atoms with van der Waals surface area (Å²) in [7, 11) is 0. The van der Waals surface area contributed by atoms with Crippen LogP contribution in [0.5, 0.6) is 0 Å². The summed E-state index contributed by atoms with van der Waals surface area (Å²) in [6.45, 7) is 8.49. The van der Waals surface area contributed by atoms with E-state index in [2.05, 4.69) is 19.2 Å². The number of amides is 1. The topological polar surface area (TPSA) is 92.4 Å². The molecule has 0 radical (unpaired) electrons. The molecule has 0 aromatic heterocycles. The van der Waals surface area contributed by atoms with Crippen molar-refractivity contribution in [3.63, 3.8) is 0 Å². The highest BCUT2D eigenvalue weighted by Crippen LogP contribution is 2.14. The molecule has 0 rings (SSSR count). The fourth-order valence-corrected chi connectivity index (χ4v) is 2.14. The van der Waals surface area contributed by atoms with Crippen molar-refractivity contribution in [2.75, 3.05) is 6.54 Å². The Bertz CT molecular complexity index is 290. The molecule has 2 atom stereocenters. The third-order valence-electron chi connectivity index (χ3n) is 2.95. The van der Waals surface area contributed by atoms with Gasteiger partial charge < -0.3 is 16.2 Å². The fraction of sp³-hybridized carbons (Fsp3) is 0.857. The summed E-state index contributed by atoms with van der Waals surface area (Å²) in [4.78, 5) is 22.9. The van der Waals surface area contributed by atoms with Gasteiger partial charge in [-0.3, -0.25) is 4.79 Å². The molecule has 4 N–H and O–H groups in total. The predicted molar refractivity (Wildman–Crippen MR) is 75.6 cm³/mol. The maximum atomic E-state index is 11.9. The van der Waals surface area contributed by atoms with E-state index in [0.717, 1.165) is 6.42 Å². The van der Waals surface area contributed by atoms with E-state index in [0.29, 0.717) is 25.3 Å². The van der Waals surface area contributed by atoms with Gasteiger partial charge >= 0.3 is 5.97 Å². The molecule has 0 aromatic carbocycles. The number of nitrogens with one attached hydrogen (secondary N) is 1. The van der Waals surface area contributed by atoms with Gasteiger partial charge in [0.15, 0.2) is 0 Å². The van der Waals surface area contributed by atoms with Gasteiger partial charge in [-0.2, -0.15) is 0 Å². The van der Waals surface area contributed by atoms with Gasteiger partial charge in [0.25, 0.3) is 0 Å². The average Bonchev–Trinajstić information content (AvgIpc) is 2.25. The van der Waals surface area contributed by atoms with E-state index >= 15 is 0 Å². The van der Waals surface area contributed by atoms with E-state index in [1.807, 2.05) is 13.8 Å². The van der Waals surface area contributed by atoms with Crippen LogP contribution in [0.1, 0.15) is 47.0 Å². The first-order chi connectivity index (χ1) is 8.76. The summed E-state index contributed by atoms with van der Waals surface area (Å²) < 4.78 is 0. The molecule has 5 heteroatoms. The lowest BCUT2D eigenvalue weighted by Crippen LogP contribution is -2.42. The minimum atomic E-state index is -0.977. The summed E-state index contributed by atoms with van der Waals surface area (Å²) in [5.74, 6) is -0.373. The zero-order chi connectivity index (χ0) is 15.0. The Morgan fingerprint density at radius 1 is 1.11 bits per heavy atom. The van der Waals surface area contributed by atoms with E-state index in [9.17, 15) is 9.59 Å². The van der Waals surface area contributed by atoms with Gasteiger partial charge in [-0.15, -0.1) is 0 Å². The Hall–Kier alpha value is -1.10. The normalized spacial score (nSPS) is 14.5. The second-order valence-electron chi connectivity index (χ2n) is 6.02. The quantitative estimate of drug-likeness (QED) is 0.594. The van der Waals surface area contributed by atoms with Gasteiger partial charge in [-0.05, 0) is 37.1 Å². The molecule has 0 aliphatic rings. The lowest BCUT2D eigenvalue weighted by Gasteiger charge is -2.20. The van der Waals surface area contributed by atoms with E-state index in [-0.39, 0.29) is 17.7 Å². The second-order valence-corrected chi connectivity index (χ2v) is 6.02. The molecule has 0 aliphatic heterocycles. The first-order valence-electron chi connectivity index (χ1n) is 6.98.